The van der Waals surface area contributed by atoms with E-state index in [1.165, 1.54) is 17.9 Å². The van der Waals surface area contributed by atoms with Crippen LogP contribution in [0.1, 0.15) is 39.0 Å². The number of carbonyl (C=O) groups is 1. The molecule has 0 aliphatic rings. The molecule has 0 bridgehead atoms. The lowest BCUT2D eigenvalue weighted by molar-refractivity contribution is -0.121. The number of nitrogens with one attached hydrogen (secondary N) is 1. The number of ether oxygens (including phenoxy) is 1. The molecule has 0 fully saturated rings. The fourth-order valence-corrected chi connectivity index (χ4v) is 2.62. The molecule has 0 aromatic carbocycles. The van der Waals surface area contributed by atoms with E-state index in [1.54, 1.807) is 0 Å². The van der Waals surface area contributed by atoms with Crippen LogP contribution in [0.2, 0.25) is 0 Å². The van der Waals surface area contributed by atoms with Crippen molar-refractivity contribution in [2.45, 2.75) is 39.0 Å². The minimum absolute atomic E-state index is 0.191. The van der Waals surface area contributed by atoms with Crippen LogP contribution in [0.25, 0.3) is 0 Å². The first-order chi connectivity index (χ1) is 9.66. The zero-order valence-electron chi connectivity index (χ0n) is 13.5. The Morgan fingerprint density at radius 1 is 1.15 bits per heavy atom. The molecule has 4 nitrogen and oxygen atoms in total. The fraction of sp³-hybridized carbons (Fsp3) is 0.933. The maximum atomic E-state index is 11.5. The van der Waals surface area contributed by atoms with Crippen LogP contribution in [0.3, 0.4) is 0 Å². The first kappa shape index (κ1) is 19.7. The van der Waals surface area contributed by atoms with Crippen molar-refractivity contribution in [3.63, 3.8) is 0 Å². The maximum Gasteiger partial charge on any atom is 0.220 e. The van der Waals surface area contributed by atoms with Gasteiger partial charge in [-0.25, -0.2) is 0 Å². The van der Waals surface area contributed by atoms with E-state index >= 15 is 0 Å². The monoisotopic (exact) mass is 304 g/mol. The number of likely N-dealkylation sites (N-methyl/N-ethyl adjacent to an activating group) is 1. The second-order valence-electron chi connectivity index (χ2n) is 5.13. The van der Waals surface area contributed by atoms with E-state index < -0.39 is 0 Å². The lowest BCUT2D eigenvalue weighted by Gasteiger charge is -2.10. The Bertz CT molecular complexity index is 226. The Morgan fingerprint density at radius 2 is 1.90 bits per heavy atom. The van der Waals surface area contributed by atoms with Gasteiger partial charge in [-0.05, 0) is 51.8 Å². The number of rotatable bonds is 14. The van der Waals surface area contributed by atoms with Gasteiger partial charge in [0.25, 0.3) is 0 Å². The van der Waals surface area contributed by atoms with Crippen molar-refractivity contribution in [2.75, 3.05) is 51.9 Å². The third-order valence-electron chi connectivity index (χ3n) is 2.86. The predicted octanol–water partition coefficient (Wildman–Crippen LogP) is 2.38. The molecule has 5 heteroatoms. The highest BCUT2D eigenvalue weighted by atomic mass is 32.2. The van der Waals surface area contributed by atoms with E-state index in [4.69, 9.17) is 4.74 Å². The topological polar surface area (TPSA) is 41.6 Å². The minimum Gasteiger partial charge on any atom is -0.382 e. The summed E-state index contributed by atoms with van der Waals surface area (Å²) < 4.78 is 5.29. The Morgan fingerprint density at radius 3 is 2.60 bits per heavy atom. The predicted molar refractivity (Wildman–Crippen MR) is 88.5 cm³/mol. The number of amides is 1. The fourth-order valence-electron chi connectivity index (χ4n) is 1.68. The van der Waals surface area contributed by atoms with E-state index in [2.05, 4.69) is 10.2 Å². The molecule has 0 aliphatic carbocycles. The standard InChI is InChI=1S/C15H32N2O2S/c1-4-19-12-8-14-20-13-7-5-6-9-15(18)16-10-11-17(2)3/h4-14H2,1-3H3,(H,16,18). The van der Waals surface area contributed by atoms with Gasteiger partial charge in [-0.1, -0.05) is 6.42 Å². The zero-order valence-corrected chi connectivity index (χ0v) is 14.3. The van der Waals surface area contributed by atoms with E-state index in [-0.39, 0.29) is 5.91 Å². The van der Waals surface area contributed by atoms with Crippen molar-refractivity contribution < 1.29 is 9.53 Å². The quantitative estimate of drug-likeness (QED) is 0.500. The molecule has 0 radical (unpaired) electrons. The zero-order chi connectivity index (χ0) is 15.1. The number of unbranched alkanes of at least 4 members (excludes halogenated alkanes) is 2. The molecule has 20 heavy (non-hydrogen) atoms. The SMILES string of the molecule is CCOCCCSCCCCCC(=O)NCCN(C)C. The van der Waals surface area contributed by atoms with Crippen LogP contribution in [-0.2, 0) is 9.53 Å². The van der Waals surface area contributed by atoms with Crippen LogP contribution in [0, 0.1) is 0 Å². The summed E-state index contributed by atoms with van der Waals surface area (Å²) in [5.41, 5.74) is 0. The first-order valence-corrected chi connectivity index (χ1v) is 8.89. The van der Waals surface area contributed by atoms with Gasteiger partial charge in [0.2, 0.25) is 5.91 Å². The summed E-state index contributed by atoms with van der Waals surface area (Å²) in [6, 6.07) is 0. The van der Waals surface area contributed by atoms with Crippen LogP contribution < -0.4 is 5.32 Å². The number of nitrogens with zero attached hydrogens (tertiary/aromatic N) is 1. The minimum atomic E-state index is 0.191. The summed E-state index contributed by atoms with van der Waals surface area (Å²) in [4.78, 5) is 13.6. The summed E-state index contributed by atoms with van der Waals surface area (Å²) in [6.45, 7) is 5.40. The van der Waals surface area contributed by atoms with Crippen molar-refractivity contribution in [3.8, 4) is 0 Å². The maximum absolute atomic E-state index is 11.5. The molecular formula is C15H32N2O2S. The van der Waals surface area contributed by atoms with Crippen molar-refractivity contribution in [2.24, 2.45) is 0 Å². The van der Waals surface area contributed by atoms with E-state index in [1.807, 2.05) is 32.8 Å². The Hall–Kier alpha value is -0.260. The number of hydrogen-bond acceptors (Lipinski definition) is 4. The molecule has 0 aromatic rings. The Kier molecular flexibility index (Phi) is 14.9. The van der Waals surface area contributed by atoms with Crippen LogP contribution in [-0.4, -0.2) is 62.7 Å². The highest BCUT2D eigenvalue weighted by molar-refractivity contribution is 7.99. The normalized spacial score (nSPS) is 11.0. The van der Waals surface area contributed by atoms with Gasteiger partial charge in [0.15, 0.2) is 0 Å². The van der Waals surface area contributed by atoms with Crippen LogP contribution in [0.4, 0.5) is 0 Å². The lowest BCUT2D eigenvalue weighted by Crippen LogP contribution is -2.31. The van der Waals surface area contributed by atoms with E-state index in [0.29, 0.717) is 6.42 Å². The molecule has 0 aliphatic heterocycles. The second kappa shape index (κ2) is 15.1. The molecular weight excluding hydrogens is 272 g/mol. The summed E-state index contributed by atoms with van der Waals surface area (Å²) in [6.07, 6.45) is 5.19. The molecule has 0 aromatic heterocycles. The van der Waals surface area contributed by atoms with Gasteiger partial charge in [-0.2, -0.15) is 11.8 Å². The van der Waals surface area contributed by atoms with E-state index in [0.717, 1.165) is 45.6 Å². The molecule has 0 spiro atoms. The molecule has 0 saturated carbocycles. The molecule has 0 unspecified atom stereocenters. The molecule has 0 atom stereocenters. The number of carbonyl (C=O) groups excluding carboxylic acids is 1. The smallest absolute Gasteiger partial charge is 0.220 e. The first-order valence-electron chi connectivity index (χ1n) is 7.73. The number of thioether (sulfide) groups is 1. The average molecular weight is 304 g/mol. The highest BCUT2D eigenvalue weighted by Crippen LogP contribution is 2.08. The van der Waals surface area contributed by atoms with Gasteiger partial charge >= 0.3 is 0 Å². The highest BCUT2D eigenvalue weighted by Gasteiger charge is 2.00. The van der Waals surface area contributed by atoms with Gasteiger partial charge < -0.3 is 15.0 Å². The van der Waals surface area contributed by atoms with Gasteiger partial charge in [-0.15, -0.1) is 0 Å². The summed E-state index contributed by atoms with van der Waals surface area (Å²) in [5.74, 6) is 2.58. The molecule has 1 amide bonds. The van der Waals surface area contributed by atoms with Gasteiger partial charge in [-0.3, -0.25) is 4.79 Å². The summed E-state index contributed by atoms with van der Waals surface area (Å²) in [7, 11) is 4.02. The average Bonchev–Trinajstić information content (AvgIpc) is 2.40. The van der Waals surface area contributed by atoms with Gasteiger partial charge in [0.1, 0.15) is 0 Å². The van der Waals surface area contributed by atoms with Crippen molar-refractivity contribution in [3.05, 3.63) is 0 Å². The van der Waals surface area contributed by atoms with Gasteiger partial charge in [0.05, 0.1) is 0 Å². The summed E-state index contributed by atoms with van der Waals surface area (Å²) in [5, 5.41) is 2.95. The molecule has 0 saturated heterocycles. The van der Waals surface area contributed by atoms with Crippen LogP contribution >= 0.6 is 11.8 Å². The summed E-state index contributed by atoms with van der Waals surface area (Å²) >= 11 is 1.99. The van der Waals surface area contributed by atoms with Crippen molar-refractivity contribution in [1.82, 2.24) is 10.2 Å². The third-order valence-corrected chi connectivity index (χ3v) is 4.01. The second-order valence-corrected chi connectivity index (χ2v) is 6.35. The Balaban J connectivity index is 3.13. The van der Waals surface area contributed by atoms with Gasteiger partial charge in [0, 0.05) is 32.7 Å². The largest absolute Gasteiger partial charge is 0.382 e. The molecule has 1 N–H and O–H groups in total. The lowest BCUT2D eigenvalue weighted by atomic mass is 10.2. The van der Waals surface area contributed by atoms with Crippen molar-refractivity contribution >= 4 is 17.7 Å². The molecule has 0 heterocycles. The van der Waals surface area contributed by atoms with Crippen LogP contribution in [0.5, 0.6) is 0 Å². The number of hydrogen-bond donors (Lipinski definition) is 1. The van der Waals surface area contributed by atoms with Crippen LogP contribution in [0.15, 0.2) is 0 Å². The Labute approximate surface area is 129 Å². The third kappa shape index (κ3) is 15.8. The molecule has 0 rings (SSSR count). The van der Waals surface area contributed by atoms with E-state index in [9.17, 15) is 4.79 Å². The van der Waals surface area contributed by atoms with Crippen molar-refractivity contribution in [1.29, 1.82) is 0 Å². The molecule has 120 valence electrons.